The van der Waals surface area contributed by atoms with Crippen molar-refractivity contribution in [3.05, 3.63) is 255 Å². The van der Waals surface area contributed by atoms with E-state index in [-0.39, 0.29) is 5.82 Å². The summed E-state index contributed by atoms with van der Waals surface area (Å²) in [6.07, 6.45) is 0. The molecule has 0 spiro atoms. The number of hydrogen-bond donors (Lipinski definition) is 0. The summed E-state index contributed by atoms with van der Waals surface area (Å²) in [5, 5.41) is 3.39. The van der Waals surface area contributed by atoms with E-state index < -0.39 is 0 Å². The highest BCUT2D eigenvalue weighted by molar-refractivity contribution is 6.20. The summed E-state index contributed by atoms with van der Waals surface area (Å²) in [6, 6.07) is 86.8. The van der Waals surface area contributed by atoms with Crippen LogP contribution in [0, 0.1) is 5.82 Å². The highest BCUT2D eigenvalue weighted by Gasteiger charge is 2.25. The quantitative estimate of drug-likeness (QED) is 0.141. The monoisotopic (exact) mass is 808 g/mol. The largest absolute Gasteiger partial charge is 0.311 e. The fourth-order valence-corrected chi connectivity index (χ4v) is 9.10. The molecule has 0 aliphatic heterocycles. The van der Waals surface area contributed by atoms with E-state index in [9.17, 15) is 4.39 Å². The predicted octanol–water partition coefficient (Wildman–Crippen LogP) is 16.7. The lowest BCUT2D eigenvalue weighted by atomic mass is 9.92. The molecule has 0 saturated heterocycles. The highest BCUT2D eigenvalue weighted by Crippen LogP contribution is 2.48. The van der Waals surface area contributed by atoms with Gasteiger partial charge in [-0.15, -0.1) is 0 Å². The van der Waals surface area contributed by atoms with Gasteiger partial charge in [0, 0.05) is 39.1 Å². The minimum atomic E-state index is -0.262. The predicted molar refractivity (Wildman–Crippen MR) is 263 cm³/mol. The molecule has 0 saturated carbocycles. The lowest BCUT2D eigenvalue weighted by Crippen LogP contribution is -2.09. The van der Waals surface area contributed by atoms with Crippen molar-refractivity contribution in [3.63, 3.8) is 0 Å². The summed E-state index contributed by atoms with van der Waals surface area (Å²) >= 11 is 0. The third-order valence-corrected chi connectivity index (χ3v) is 12.1. The van der Waals surface area contributed by atoms with Crippen molar-refractivity contribution in [1.29, 1.82) is 0 Å². The average molecular weight is 809 g/mol. The van der Waals surface area contributed by atoms with Crippen molar-refractivity contribution in [2.45, 2.75) is 0 Å². The molecule has 0 amide bonds. The van der Waals surface area contributed by atoms with E-state index in [4.69, 9.17) is 0 Å². The number of aromatic nitrogens is 1. The molecule has 0 fully saturated rings. The van der Waals surface area contributed by atoms with Gasteiger partial charge in [0.25, 0.3) is 0 Å². The van der Waals surface area contributed by atoms with E-state index in [2.05, 4.69) is 228 Å². The van der Waals surface area contributed by atoms with Crippen molar-refractivity contribution in [1.82, 2.24) is 4.57 Å². The number of hydrogen-bond acceptors (Lipinski definition) is 1. The maximum absolute atomic E-state index is 14.5. The van der Waals surface area contributed by atoms with Crippen LogP contribution in [0.3, 0.4) is 0 Å². The molecule has 0 radical (unpaired) electrons. The van der Waals surface area contributed by atoms with Crippen LogP contribution in [0.5, 0.6) is 0 Å². The molecule has 0 bridgehead atoms. The fraction of sp³-hybridized carbons (Fsp3) is 0. The van der Waals surface area contributed by atoms with Gasteiger partial charge in [0.15, 0.2) is 0 Å². The highest BCUT2D eigenvalue weighted by atomic mass is 19.1. The third-order valence-electron chi connectivity index (χ3n) is 12.1. The Hall–Kier alpha value is -8.27. The Bertz CT molecular complexity index is 3240. The molecule has 1 aromatic heterocycles. The number of fused-ring (bicyclic) bond motifs is 3. The van der Waals surface area contributed by atoms with Crippen LogP contribution in [0.25, 0.3) is 83.1 Å². The molecule has 0 aliphatic rings. The number of nitrogens with zero attached hydrogens (tertiary/aromatic N) is 2. The van der Waals surface area contributed by atoms with E-state index >= 15 is 0 Å². The molecule has 11 aromatic rings. The van der Waals surface area contributed by atoms with Gasteiger partial charge in [0.05, 0.1) is 11.2 Å². The maximum atomic E-state index is 14.5. The van der Waals surface area contributed by atoms with Gasteiger partial charge in [0.2, 0.25) is 0 Å². The van der Waals surface area contributed by atoms with Crippen molar-refractivity contribution in [2.75, 3.05) is 4.90 Å². The van der Waals surface area contributed by atoms with E-state index in [1.54, 1.807) is 12.1 Å². The third kappa shape index (κ3) is 7.06. The average Bonchev–Trinajstić information content (AvgIpc) is 3.71. The second kappa shape index (κ2) is 16.3. The van der Waals surface area contributed by atoms with Crippen LogP contribution < -0.4 is 4.90 Å². The zero-order valence-corrected chi connectivity index (χ0v) is 34.4. The molecule has 3 heteroatoms. The molecule has 0 aliphatic carbocycles. The molecule has 298 valence electrons. The van der Waals surface area contributed by atoms with Crippen LogP contribution in [-0.4, -0.2) is 4.57 Å². The maximum Gasteiger partial charge on any atom is 0.123 e. The number of halogens is 1. The SMILES string of the molecule is Fc1ccc(-n2c(-c3ccccc3)c(-c3ccccc3)c3cc(-c4ccc(N(c5ccc(-c6ccccc6)cc5)c5ccc(-c6ccccc6)cc5)cc4)c4ccccc4c32)cc1. The Labute approximate surface area is 367 Å². The van der Waals surface area contributed by atoms with E-state index in [0.29, 0.717) is 0 Å². The first-order valence-electron chi connectivity index (χ1n) is 21.4. The molecular weight excluding hydrogens is 768 g/mol. The van der Waals surface area contributed by atoms with Gasteiger partial charge >= 0.3 is 0 Å². The first-order chi connectivity index (χ1) is 31.2. The normalized spacial score (nSPS) is 11.3. The van der Waals surface area contributed by atoms with Crippen molar-refractivity contribution in [2.24, 2.45) is 0 Å². The molecule has 0 atom stereocenters. The second-order valence-electron chi connectivity index (χ2n) is 15.8. The summed E-state index contributed by atoms with van der Waals surface area (Å²) in [6.45, 7) is 0. The molecule has 63 heavy (non-hydrogen) atoms. The Morgan fingerprint density at radius 2 is 0.714 bits per heavy atom. The van der Waals surface area contributed by atoms with Crippen LogP contribution in [0.15, 0.2) is 249 Å². The van der Waals surface area contributed by atoms with Crippen molar-refractivity contribution < 1.29 is 4.39 Å². The van der Waals surface area contributed by atoms with E-state index in [1.165, 1.54) is 22.3 Å². The van der Waals surface area contributed by atoms with Crippen LogP contribution in [0.4, 0.5) is 21.5 Å². The minimum absolute atomic E-state index is 0.262. The van der Waals surface area contributed by atoms with Gasteiger partial charge in [-0.05, 0) is 117 Å². The molecule has 11 rings (SSSR count). The fourth-order valence-electron chi connectivity index (χ4n) is 9.10. The molecule has 10 aromatic carbocycles. The standard InChI is InChI=1S/C60H41FN2/c61-49-31-39-53(40-32-49)63-59(48-21-11-4-12-22-48)58(47-19-9-3-10-20-47)57-41-56(54-23-13-14-24-55(54)60(57)63)46-29-37-52(38-30-46)62(50-33-25-44(26-34-50)42-15-5-1-6-16-42)51-35-27-45(28-36-51)43-17-7-2-8-18-43/h1-41H. The van der Waals surface area contributed by atoms with Crippen molar-refractivity contribution in [3.8, 4) is 61.5 Å². The number of benzene rings is 10. The van der Waals surface area contributed by atoms with Crippen LogP contribution >= 0.6 is 0 Å². The van der Waals surface area contributed by atoms with Crippen LogP contribution in [-0.2, 0) is 0 Å². The minimum Gasteiger partial charge on any atom is -0.311 e. The van der Waals surface area contributed by atoms with E-state index in [1.807, 2.05) is 18.2 Å². The summed E-state index contributed by atoms with van der Waals surface area (Å²) in [5.74, 6) is -0.262. The Morgan fingerprint density at radius 1 is 0.317 bits per heavy atom. The molecule has 0 unspecified atom stereocenters. The topological polar surface area (TPSA) is 8.17 Å². The van der Waals surface area contributed by atoms with Gasteiger partial charge < -0.3 is 9.47 Å². The van der Waals surface area contributed by atoms with Gasteiger partial charge in [-0.2, -0.15) is 0 Å². The van der Waals surface area contributed by atoms with Gasteiger partial charge in [-0.25, -0.2) is 4.39 Å². The van der Waals surface area contributed by atoms with Crippen LogP contribution in [0.2, 0.25) is 0 Å². The first-order valence-corrected chi connectivity index (χ1v) is 21.4. The van der Waals surface area contributed by atoms with Gasteiger partial charge in [0.1, 0.15) is 5.82 Å². The molecular formula is C60H41FN2. The van der Waals surface area contributed by atoms with Crippen molar-refractivity contribution >= 4 is 38.7 Å². The second-order valence-corrected chi connectivity index (χ2v) is 15.8. The molecule has 1 heterocycles. The summed E-state index contributed by atoms with van der Waals surface area (Å²) in [7, 11) is 0. The Balaban J connectivity index is 1.09. The summed E-state index contributed by atoms with van der Waals surface area (Å²) < 4.78 is 16.8. The Kier molecular flexibility index (Phi) is 9.76. The summed E-state index contributed by atoms with van der Waals surface area (Å²) in [4.78, 5) is 2.33. The Morgan fingerprint density at radius 3 is 1.21 bits per heavy atom. The van der Waals surface area contributed by atoms with E-state index in [0.717, 1.165) is 77.9 Å². The zero-order valence-electron chi connectivity index (χ0n) is 34.4. The molecule has 2 nitrogen and oxygen atoms in total. The number of rotatable bonds is 9. The lowest BCUT2D eigenvalue weighted by Gasteiger charge is -2.26. The lowest BCUT2D eigenvalue weighted by molar-refractivity contribution is 0.627. The van der Waals surface area contributed by atoms with Gasteiger partial charge in [-0.1, -0.05) is 182 Å². The van der Waals surface area contributed by atoms with Crippen LogP contribution in [0.1, 0.15) is 0 Å². The zero-order chi connectivity index (χ0) is 42.1. The smallest absolute Gasteiger partial charge is 0.123 e. The summed E-state index contributed by atoms with van der Waals surface area (Å²) in [5.41, 5.74) is 16.6. The first kappa shape index (κ1) is 37.7. The van der Waals surface area contributed by atoms with Gasteiger partial charge in [-0.3, -0.25) is 0 Å². The molecule has 0 N–H and O–H groups in total. The number of anilines is 3.